The zero-order chi connectivity index (χ0) is 12.1. The van der Waals surface area contributed by atoms with Gasteiger partial charge in [0.15, 0.2) is 0 Å². The first-order valence-corrected chi connectivity index (χ1v) is 6.37. The molecule has 1 aliphatic rings. The summed E-state index contributed by atoms with van der Waals surface area (Å²) < 4.78 is 5.25. The van der Waals surface area contributed by atoms with Crippen LogP contribution in [0.4, 0.5) is 0 Å². The van der Waals surface area contributed by atoms with Gasteiger partial charge in [0.1, 0.15) is 5.75 Å². The third-order valence-corrected chi connectivity index (χ3v) is 3.48. The van der Waals surface area contributed by atoms with E-state index < -0.39 is 0 Å². The smallest absolute Gasteiger partial charge is 0.119 e. The molecule has 0 bridgehead atoms. The fraction of sp³-hybridized carbons (Fsp3) is 0.571. The van der Waals surface area contributed by atoms with Crippen LogP contribution in [0.1, 0.15) is 18.4 Å². The number of piperidine rings is 1. The second kappa shape index (κ2) is 7.62. The Morgan fingerprint density at radius 3 is 3.00 bits per heavy atom. The summed E-state index contributed by atoms with van der Waals surface area (Å²) in [6, 6.07) is 8.32. The topological polar surface area (TPSA) is 38.5 Å². The van der Waals surface area contributed by atoms with E-state index in [1.54, 1.807) is 7.11 Å². The number of hydrogen-bond acceptors (Lipinski definition) is 3. The Morgan fingerprint density at radius 1 is 1.44 bits per heavy atom. The maximum atomic E-state index is 5.76. The largest absolute Gasteiger partial charge is 0.497 e. The van der Waals surface area contributed by atoms with Gasteiger partial charge in [0.05, 0.1) is 7.11 Å². The van der Waals surface area contributed by atoms with Crippen molar-refractivity contribution in [3.05, 3.63) is 29.8 Å². The monoisotopic (exact) mass is 270 g/mol. The lowest BCUT2D eigenvalue weighted by molar-refractivity contribution is 0.171. The van der Waals surface area contributed by atoms with Gasteiger partial charge < -0.3 is 10.5 Å². The lowest BCUT2D eigenvalue weighted by Gasteiger charge is -2.32. The molecule has 3 nitrogen and oxygen atoms in total. The van der Waals surface area contributed by atoms with Crippen molar-refractivity contribution in [1.29, 1.82) is 0 Å². The number of benzene rings is 1. The average molecular weight is 271 g/mol. The Bertz CT molecular complexity index is 359. The first-order chi connectivity index (χ1) is 8.31. The summed E-state index contributed by atoms with van der Waals surface area (Å²) in [6.45, 7) is 4.14. The van der Waals surface area contributed by atoms with Gasteiger partial charge in [-0.05, 0) is 49.5 Å². The third-order valence-electron chi connectivity index (χ3n) is 3.48. The van der Waals surface area contributed by atoms with Gasteiger partial charge in [-0.15, -0.1) is 12.4 Å². The number of hydrogen-bond donors (Lipinski definition) is 1. The van der Waals surface area contributed by atoms with E-state index in [4.69, 9.17) is 10.5 Å². The normalized spacial score (nSPS) is 20.2. The molecule has 4 heteroatoms. The van der Waals surface area contributed by atoms with Gasteiger partial charge in [-0.1, -0.05) is 12.1 Å². The molecule has 1 saturated heterocycles. The van der Waals surface area contributed by atoms with Crippen LogP contribution in [0.3, 0.4) is 0 Å². The molecule has 18 heavy (non-hydrogen) atoms. The fourth-order valence-corrected chi connectivity index (χ4v) is 2.52. The van der Waals surface area contributed by atoms with Crippen molar-refractivity contribution in [2.24, 2.45) is 11.7 Å². The molecule has 2 N–H and O–H groups in total. The van der Waals surface area contributed by atoms with E-state index in [1.807, 2.05) is 6.07 Å². The molecule has 1 fully saturated rings. The predicted octanol–water partition coefficient (Wildman–Crippen LogP) is 2.29. The fourth-order valence-electron chi connectivity index (χ4n) is 2.52. The van der Waals surface area contributed by atoms with Gasteiger partial charge >= 0.3 is 0 Å². The van der Waals surface area contributed by atoms with Crippen molar-refractivity contribution < 1.29 is 4.74 Å². The second-order valence-electron chi connectivity index (χ2n) is 4.83. The van der Waals surface area contributed by atoms with Gasteiger partial charge in [0.25, 0.3) is 0 Å². The highest BCUT2D eigenvalue weighted by atomic mass is 35.5. The van der Waals surface area contributed by atoms with Crippen molar-refractivity contribution in [3.8, 4) is 5.75 Å². The SMILES string of the molecule is COc1cccc(CN2CCCC(CN)C2)c1.Cl. The Morgan fingerprint density at radius 2 is 2.28 bits per heavy atom. The van der Waals surface area contributed by atoms with Crippen molar-refractivity contribution >= 4 is 12.4 Å². The summed E-state index contributed by atoms with van der Waals surface area (Å²) >= 11 is 0. The molecule has 0 amide bonds. The first kappa shape index (κ1) is 15.3. The van der Waals surface area contributed by atoms with Crippen molar-refractivity contribution in [1.82, 2.24) is 4.90 Å². The maximum absolute atomic E-state index is 5.76. The summed E-state index contributed by atoms with van der Waals surface area (Å²) in [6.07, 6.45) is 2.55. The molecule has 1 aliphatic heterocycles. The van der Waals surface area contributed by atoms with E-state index in [-0.39, 0.29) is 12.4 Å². The van der Waals surface area contributed by atoms with E-state index in [2.05, 4.69) is 23.1 Å². The minimum atomic E-state index is 0. The van der Waals surface area contributed by atoms with Crippen LogP contribution >= 0.6 is 12.4 Å². The van der Waals surface area contributed by atoms with Gasteiger partial charge in [-0.25, -0.2) is 0 Å². The molecule has 0 aliphatic carbocycles. The van der Waals surface area contributed by atoms with Crippen LogP contribution < -0.4 is 10.5 Å². The minimum absolute atomic E-state index is 0. The highest BCUT2D eigenvalue weighted by Gasteiger charge is 2.18. The Labute approximate surface area is 116 Å². The maximum Gasteiger partial charge on any atom is 0.119 e. The van der Waals surface area contributed by atoms with Crippen LogP contribution in [0.5, 0.6) is 5.75 Å². The highest BCUT2D eigenvalue weighted by molar-refractivity contribution is 5.85. The first-order valence-electron chi connectivity index (χ1n) is 6.37. The molecular formula is C14H23ClN2O. The summed E-state index contributed by atoms with van der Waals surface area (Å²) in [5.74, 6) is 1.62. The van der Waals surface area contributed by atoms with E-state index in [0.717, 1.165) is 25.4 Å². The molecule has 0 saturated carbocycles. The quantitative estimate of drug-likeness (QED) is 0.912. The second-order valence-corrected chi connectivity index (χ2v) is 4.83. The molecular weight excluding hydrogens is 248 g/mol. The average Bonchev–Trinajstić information content (AvgIpc) is 2.39. The lowest BCUT2D eigenvalue weighted by atomic mass is 9.98. The molecule has 102 valence electrons. The zero-order valence-corrected chi connectivity index (χ0v) is 11.8. The van der Waals surface area contributed by atoms with Crippen molar-refractivity contribution in [2.45, 2.75) is 19.4 Å². The molecule has 1 aromatic rings. The van der Waals surface area contributed by atoms with Crippen LogP contribution in [0.2, 0.25) is 0 Å². The third kappa shape index (κ3) is 4.16. The molecule has 0 spiro atoms. The molecule has 1 atom stereocenters. The van der Waals surface area contributed by atoms with Crippen LogP contribution in [0, 0.1) is 5.92 Å². The van der Waals surface area contributed by atoms with Crippen LogP contribution in [0.15, 0.2) is 24.3 Å². The Balaban J connectivity index is 0.00000162. The molecule has 1 heterocycles. The Hall–Kier alpha value is -0.770. The number of rotatable bonds is 4. The van der Waals surface area contributed by atoms with E-state index in [0.29, 0.717) is 5.92 Å². The van der Waals surface area contributed by atoms with Crippen molar-refractivity contribution in [3.63, 3.8) is 0 Å². The summed E-state index contributed by atoms with van der Waals surface area (Å²) in [5.41, 5.74) is 7.08. The number of likely N-dealkylation sites (tertiary alicyclic amines) is 1. The van der Waals surface area contributed by atoms with Crippen LogP contribution in [0.25, 0.3) is 0 Å². The van der Waals surface area contributed by atoms with Gasteiger partial charge in [0.2, 0.25) is 0 Å². The molecule has 1 unspecified atom stereocenters. The zero-order valence-electron chi connectivity index (χ0n) is 11.0. The summed E-state index contributed by atoms with van der Waals surface area (Å²) in [7, 11) is 1.71. The van der Waals surface area contributed by atoms with Crippen LogP contribution in [-0.4, -0.2) is 31.6 Å². The van der Waals surface area contributed by atoms with E-state index in [1.165, 1.54) is 24.9 Å². The van der Waals surface area contributed by atoms with Crippen LogP contribution in [-0.2, 0) is 6.54 Å². The lowest BCUT2D eigenvalue weighted by Crippen LogP contribution is -2.37. The highest BCUT2D eigenvalue weighted by Crippen LogP contribution is 2.19. The molecule has 0 radical (unpaired) electrons. The molecule has 2 rings (SSSR count). The summed E-state index contributed by atoms with van der Waals surface area (Å²) in [5, 5.41) is 0. The van der Waals surface area contributed by atoms with Gasteiger partial charge in [-0.3, -0.25) is 4.90 Å². The van der Waals surface area contributed by atoms with Gasteiger partial charge in [-0.2, -0.15) is 0 Å². The number of nitrogens with zero attached hydrogens (tertiary/aromatic N) is 1. The summed E-state index contributed by atoms with van der Waals surface area (Å²) in [4.78, 5) is 2.50. The number of methoxy groups -OCH3 is 1. The number of nitrogens with two attached hydrogens (primary N) is 1. The predicted molar refractivity (Wildman–Crippen MR) is 77.3 cm³/mol. The Kier molecular flexibility index (Phi) is 6.47. The van der Waals surface area contributed by atoms with Crippen molar-refractivity contribution in [2.75, 3.05) is 26.7 Å². The molecule has 1 aromatic carbocycles. The number of ether oxygens (including phenoxy) is 1. The van der Waals surface area contributed by atoms with E-state index in [9.17, 15) is 0 Å². The minimum Gasteiger partial charge on any atom is -0.497 e. The van der Waals surface area contributed by atoms with E-state index >= 15 is 0 Å². The number of halogens is 1. The van der Waals surface area contributed by atoms with Gasteiger partial charge in [0, 0.05) is 13.1 Å². The standard InChI is InChI=1S/C14H22N2O.ClH/c1-17-14-6-2-4-12(8-14)10-16-7-3-5-13(9-15)11-16;/h2,4,6,8,13H,3,5,7,9-11,15H2,1H3;1H. The molecule has 0 aromatic heterocycles.